The Hall–Kier alpha value is -2.15. The fraction of sp³-hybridized carbons (Fsp3) is 0.300. The monoisotopic (exact) mass is 239 g/mol. The molecule has 0 bridgehead atoms. The van der Waals surface area contributed by atoms with Crippen LogP contribution in [0.15, 0.2) is 18.2 Å². The van der Waals surface area contributed by atoms with Gasteiger partial charge in [-0.15, -0.1) is 0 Å². The van der Waals surface area contributed by atoms with Gasteiger partial charge < -0.3 is 4.74 Å². The van der Waals surface area contributed by atoms with E-state index in [-0.39, 0.29) is 23.1 Å². The van der Waals surface area contributed by atoms with E-state index in [1.54, 1.807) is 13.8 Å². The highest BCUT2D eigenvalue weighted by Gasteiger charge is 2.23. The molecule has 0 heterocycles. The van der Waals surface area contributed by atoms with Gasteiger partial charge in [-0.2, -0.15) is 0 Å². The van der Waals surface area contributed by atoms with Crippen molar-refractivity contribution >= 4 is 11.6 Å². The zero-order valence-corrected chi connectivity index (χ0v) is 9.47. The van der Waals surface area contributed by atoms with Crippen LogP contribution in [0.25, 0.3) is 0 Å². The summed E-state index contributed by atoms with van der Waals surface area (Å²) in [5.41, 5.74) is 1.69. The van der Waals surface area contributed by atoms with E-state index in [4.69, 9.17) is 10.6 Å². The van der Waals surface area contributed by atoms with E-state index in [2.05, 4.69) is 0 Å². The molecule has 1 aromatic rings. The summed E-state index contributed by atoms with van der Waals surface area (Å²) in [5.74, 6) is 4.30. The van der Waals surface area contributed by atoms with E-state index in [1.807, 2.05) is 5.43 Å². The van der Waals surface area contributed by atoms with Crippen molar-refractivity contribution in [1.82, 2.24) is 5.43 Å². The first-order chi connectivity index (χ1) is 7.97. The van der Waals surface area contributed by atoms with Gasteiger partial charge >= 0.3 is 5.69 Å². The standard InChI is InChI=1S/C10H13N3O4/c1-6(2)17-9-7(10(14)12-11)4-3-5-8(9)13(15)16/h3-6H,11H2,1-2H3,(H,12,14). The van der Waals surface area contributed by atoms with Gasteiger partial charge in [0.2, 0.25) is 5.75 Å². The Morgan fingerprint density at radius 1 is 1.53 bits per heavy atom. The van der Waals surface area contributed by atoms with Crippen LogP contribution in [0.4, 0.5) is 5.69 Å². The minimum atomic E-state index is -0.635. The maximum absolute atomic E-state index is 11.5. The quantitative estimate of drug-likeness (QED) is 0.352. The Morgan fingerprint density at radius 3 is 2.65 bits per heavy atom. The van der Waals surface area contributed by atoms with E-state index in [1.165, 1.54) is 18.2 Å². The molecule has 0 unspecified atom stereocenters. The number of ether oxygens (including phenoxy) is 1. The number of carbonyl (C=O) groups excluding carboxylic acids is 1. The molecule has 7 nitrogen and oxygen atoms in total. The number of nitrogen functional groups attached to an aromatic ring is 1. The third-order valence-electron chi connectivity index (χ3n) is 1.92. The number of carbonyl (C=O) groups is 1. The van der Waals surface area contributed by atoms with Gasteiger partial charge in [-0.1, -0.05) is 6.07 Å². The van der Waals surface area contributed by atoms with Crippen molar-refractivity contribution in [2.45, 2.75) is 20.0 Å². The average Bonchev–Trinajstić information content (AvgIpc) is 2.27. The second-order valence-electron chi connectivity index (χ2n) is 3.55. The maximum atomic E-state index is 11.5. The van der Waals surface area contributed by atoms with E-state index in [0.717, 1.165) is 0 Å². The number of nitrogens with zero attached hydrogens (tertiary/aromatic N) is 1. The second kappa shape index (κ2) is 5.26. The zero-order valence-electron chi connectivity index (χ0n) is 9.47. The van der Waals surface area contributed by atoms with Crippen molar-refractivity contribution in [3.63, 3.8) is 0 Å². The lowest BCUT2D eigenvalue weighted by atomic mass is 10.1. The number of nitrogens with two attached hydrogens (primary N) is 1. The molecule has 0 atom stereocenters. The molecule has 0 spiro atoms. The summed E-state index contributed by atoms with van der Waals surface area (Å²) in [7, 11) is 0. The van der Waals surface area contributed by atoms with Crippen LogP contribution in [0.3, 0.4) is 0 Å². The smallest absolute Gasteiger partial charge is 0.311 e. The number of hydrogen-bond acceptors (Lipinski definition) is 5. The van der Waals surface area contributed by atoms with Crippen LogP contribution < -0.4 is 16.0 Å². The zero-order chi connectivity index (χ0) is 13.0. The lowest BCUT2D eigenvalue weighted by Crippen LogP contribution is -2.30. The van der Waals surface area contributed by atoms with Crippen molar-refractivity contribution < 1.29 is 14.5 Å². The third kappa shape index (κ3) is 2.91. The van der Waals surface area contributed by atoms with Crippen LogP contribution in [0, 0.1) is 10.1 Å². The van der Waals surface area contributed by atoms with Gasteiger partial charge in [0, 0.05) is 6.07 Å². The molecule has 3 N–H and O–H groups in total. The highest BCUT2D eigenvalue weighted by atomic mass is 16.6. The van der Waals surface area contributed by atoms with Gasteiger partial charge in [0.05, 0.1) is 16.6 Å². The average molecular weight is 239 g/mol. The minimum absolute atomic E-state index is 0.0374. The molecular weight excluding hydrogens is 226 g/mol. The van der Waals surface area contributed by atoms with Crippen molar-refractivity contribution in [2.75, 3.05) is 0 Å². The van der Waals surface area contributed by atoms with Crippen molar-refractivity contribution in [3.8, 4) is 5.75 Å². The topological polar surface area (TPSA) is 107 Å². The SMILES string of the molecule is CC(C)Oc1c(C(=O)NN)cccc1[N+](=O)[O-]. The van der Waals surface area contributed by atoms with Crippen LogP contribution in [0.1, 0.15) is 24.2 Å². The van der Waals surface area contributed by atoms with Gasteiger partial charge in [0.15, 0.2) is 0 Å². The number of nitro groups is 1. The van der Waals surface area contributed by atoms with Crippen LogP contribution in [-0.4, -0.2) is 16.9 Å². The number of para-hydroxylation sites is 1. The molecule has 1 amide bonds. The molecule has 7 heteroatoms. The molecule has 1 aromatic carbocycles. The molecule has 1 rings (SSSR count). The minimum Gasteiger partial charge on any atom is -0.484 e. The molecular formula is C10H13N3O4. The number of hydrazine groups is 1. The summed E-state index contributed by atoms with van der Waals surface area (Å²) in [5, 5.41) is 10.8. The number of nitro benzene ring substituents is 1. The van der Waals surface area contributed by atoms with E-state index >= 15 is 0 Å². The molecule has 0 radical (unpaired) electrons. The van der Waals surface area contributed by atoms with Crippen LogP contribution in [0.5, 0.6) is 5.75 Å². The molecule has 0 fully saturated rings. The van der Waals surface area contributed by atoms with Gasteiger partial charge in [0.25, 0.3) is 5.91 Å². The molecule has 17 heavy (non-hydrogen) atoms. The van der Waals surface area contributed by atoms with Crippen LogP contribution in [-0.2, 0) is 0 Å². The molecule has 0 aliphatic rings. The lowest BCUT2D eigenvalue weighted by molar-refractivity contribution is -0.386. The van der Waals surface area contributed by atoms with Crippen molar-refractivity contribution in [2.24, 2.45) is 5.84 Å². The summed E-state index contributed by atoms with van der Waals surface area (Å²) in [6, 6.07) is 4.08. The summed E-state index contributed by atoms with van der Waals surface area (Å²) in [6.07, 6.45) is -0.291. The number of nitrogens with one attached hydrogen (secondary N) is 1. The molecule has 0 aromatic heterocycles. The molecule has 0 aliphatic heterocycles. The fourth-order valence-corrected chi connectivity index (χ4v) is 1.28. The highest BCUT2D eigenvalue weighted by molar-refractivity contribution is 5.97. The largest absolute Gasteiger partial charge is 0.484 e. The van der Waals surface area contributed by atoms with Crippen LogP contribution >= 0.6 is 0 Å². The fourth-order valence-electron chi connectivity index (χ4n) is 1.28. The van der Waals surface area contributed by atoms with Gasteiger partial charge in [-0.25, -0.2) is 5.84 Å². The Morgan fingerprint density at radius 2 is 2.18 bits per heavy atom. The summed E-state index contributed by atoms with van der Waals surface area (Å²) < 4.78 is 5.30. The number of benzene rings is 1. The summed E-state index contributed by atoms with van der Waals surface area (Å²) in [6.45, 7) is 3.42. The number of hydrogen-bond donors (Lipinski definition) is 2. The van der Waals surface area contributed by atoms with Crippen molar-refractivity contribution in [3.05, 3.63) is 33.9 Å². The predicted octanol–water partition coefficient (Wildman–Crippen LogP) is 0.985. The molecule has 0 aliphatic carbocycles. The summed E-state index contributed by atoms with van der Waals surface area (Å²) >= 11 is 0. The molecule has 92 valence electrons. The highest BCUT2D eigenvalue weighted by Crippen LogP contribution is 2.31. The first-order valence-electron chi connectivity index (χ1n) is 4.92. The van der Waals surface area contributed by atoms with Gasteiger partial charge in [-0.05, 0) is 19.9 Å². The van der Waals surface area contributed by atoms with E-state index in [0.29, 0.717) is 0 Å². The predicted molar refractivity (Wildman–Crippen MR) is 60.5 cm³/mol. The number of amides is 1. The third-order valence-corrected chi connectivity index (χ3v) is 1.92. The number of rotatable bonds is 4. The Kier molecular flexibility index (Phi) is 4.00. The van der Waals surface area contributed by atoms with E-state index in [9.17, 15) is 14.9 Å². The Balaban J connectivity index is 3.33. The first kappa shape index (κ1) is 12.9. The second-order valence-corrected chi connectivity index (χ2v) is 3.55. The first-order valence-corrected chi connectivity index (χ1v) is 4.92. The maximum Gasteiger partial charge on any atom is 0.311 e. The van der Waals surface area contributed by atoms with E-state index < -0.39 is 10.8 Å². The molecule has 0 saturated carbocycles. The lowest BCUT2D eigenvalue weighted by Gasteiger charge is -2.13. The van der Waals surface area contributed by atoms with Gasteiger partial charge in [-0.3, -0.25) is 20.3 Å². The normalized spacial score (nSPS) is 10.1. The van der Waals surface area contributed by atoms with Crippen molar-refractivity contribution in [1.29, 1.82) is 0 Å². The molecule has 0 saturated heterocycles. The Labute approximate surface area is 97.7 Å². The Bertz CT molecular complexity index is 445. The van der Waals surface area contributed by atoms with Crippen LogP contribution in [0.2, 0.25) is 0 Å². The summed E-state index contributed by atoms with van der Waals surface area (Å²) in [4.78, 5) is 21.7. The van der Waals surface area contributed by atoms with Gasteiger partial charge in [0.1, 0.15) is 0 Å².